The minimum Gasteiger partial charge on any atom is -0.462 e. The van der Waals surface area contributed by atoms with Crippen molar-refractivity contribution in [3.63, 3.8) is 0 Å². The summed E-state index contributed by atoms with van der Waals surface area (Å²) >= 11 is 0. The van der Waals surface area contributed by atoms with Crippen LogP contribution in [0.4, 0.5) is 0 Å². The van der Waals surface area contributed by atoms with Gasteiger partial charge in [0.25, 0.3) is 0 Å². The van der Waals surface area contributed by atoms with E-state index in [1.54, 1.807) is 0 Å². The quantitative estimate of drug-likeness (QED) is 0.0268. The van der Waals surface area contributed by atoms with E-state index < -0.39 is 55.4 Å². The molecule has 0 radical (unpaired) electrons. The molecule has 0 aromatic heterocycles. The van der Waals surface area contributed by atoms with Crippen LogP contribution in [0, 0.1) is 0 Å². The number of carbonyl (C=O) groups is 2. The molecule has 0 aromatic rings. The number of unbranched alkanes of at least 4 members (excludes halogenated alkanes) is 13. The molecule has 1 heterocycles. The Kier molecular flexibility index (Phi) is 37.5. The van der Waals surface area contributed by atoms with Gasteiger partial charge < -0.3 is 39.4 Å². The van der Waals surface area contributed by atoms with E-state index in [0.717, 1.165) is 70.6 Å². The molecule has 1 saturated heterocycles. The Balaban J connectivity index is 2.35. The lowest BCUT2D eigenvalue weighted by Gasteiger charge is -2.39. The highest BCUT2D eigenvalue weighted by Gasteiger charge is 2.44. The average Bonchev–Trinajstić information content (AvgIpc) is 3.26. The number of hydrogen-bond donors (Lipinski definition) is 4. The van der Waals surface area contributed by atoms with E-state index in [1.165, 1.54) is 57.8 Å². The van der Waals surface area contributed by atoms with Gasteiger partial charge in [0, 0.05) is 12.8 Å². The zero-order valence-electron chi connectivity index (χ0n) is 37.9. The summed E-state index contributed by atoms with van der Waals surface area (Å²) in [7, 11) is 0. The van der Waals surface area contributed by atoms with E-state index in [2.05, 4.69) is 92.8 Å². The number of allylic oxidation sites excluding steroid dienone is 14. The van der Waals surface area contributed by atoms with Crippen LogP contribution in [0.2, 0.25) is 0 Å². The van der Waals surface area contributed by atoms with Gasteiger partial charge in [-0.15, -0.1) is 0 Å². The van der Waals surface area contributed by atoms with Crippen LogP contribution >= 0.6 is 0 Å². The highest BCUT2D eigenvalue weighted by molar-refractivity contribution is 5.70. The van der Waals surface area contributed by atoms with Crippen LogP contribution in [0.5, 0.6) is 0 Å². The van der Waals surface area contributed by atoms with Gasteiger partial charge in [0.15, 0.2) is 12.4 Å². The topological polar surface area (TPSA) is 152 Å². The summed E-state index contributed by atoms with van der Waals surface area (Å²) in [5.41, 5.74) is 0. The smallest absolute Gasteiger partial charge is 0.306 e. The zero-order chi connectivity index (χ0) is 44.4. The van der Waals surface area contributed by atoms with Crippen molar-refractivity contribution in [3.8, 4) is 0 Å². The van der Waals surface area contributed by atoms with Gasteiger partial charge in [0.2, 0.25) is 0 Å². The van der Waals surface area contributed by atoms with Crippen LogP contribution in [-0.4, -0.2) is 89.0 Å². The summed E-state index contributed by atoms with van der Waals surface area (Å²) in [5, 5.41) is 40.1. The fourth-order valence-electron chi connectivity index (χ4n) is 6.55. The van der Waals surface area contributed by atoms with Crippen LogP contribution in [0.1, 0.15) is 168 Å². The third kappa shape index (κ3) is 32.3. The molecular formula is C51H84O10. The molecule has 0 aliphatic carbocycles. The molecule has 0 bridgehead atoms. The second-order valence-corrected chi connectivity index (χ2v) is 15.8. The fraction of sp³-hybridized carbons (Fsp3) is 0.686. The minimum absolute atomic E-state index is 0.192. The maximum absolute atomic E-state index is 12.8. The van der Waals surface area contributed by atoms with E-state index in [0.29, 0.717) is 12.8 Å². The summed E-state index contributed by atoms with van der Waals surface area (Å²) < 4.78 is 22.1. The zero-order valence-corrected chi connectivity index (χ0v) is 37.9. The first-order valence-corrected chi connectivity index (χ1v) is 23.7. The molecule has 0 spiro atoms. The Labute approximate surface area is 369 Å². The maximum atomic E-state index is 12.8. The summed E-state index contributed by atoms with van der Waals surface area (Å²) in [6.07, 6.45) is 45.9. The summed E-state index contributed by atoms with van der Waals surface area (Å²) in [6, 6.07) is 0. The normalized spacial score (nSPS) is 20.5. The molecule has 1 fully saturated rings. The van der Waals surface area contributed by atoms with Gasteiger partial charge in [-0.05, 0) is 83.5 Å². The van der Waals surface area contributed by atoms with Crippen LogP contribution in [0.15, 0.2) is 85.1 Å². The van der Waals surface area contributed by atoms with Crippen LogP contribution in [-0.2, 0) is 28.5 Å². The second kappa shape index (κ2) is 40.9. The molecule has 61 heavy (non-hydrogen) atoms. The van der Waals surface area contributed by atoms with Crippen LogP contribution in [0.3, 0.4) is 0 Å². The molecule has 2 unspecified atom stereocenters. The van der Waals surface area contributed by atoms with Gasteiger partial charge in [0.1, 0.15) is 31.0 Å². The molecule has 0 aromatic carbocycles. The number of hydrogen-bond acceptors (Lipinski definition) is 10. The lowest BCUT2D eigenvalue weighted by molar-refractivity contribution is -0.305. The van der Waals surface area contributed by atoms with Gasteiger partial charge in [0.05, 0.1) is 13.2 Å². The molecule has 0 saturated carbocycles. The summed E-state index contributed by atoms with van der Waals surface area (Å²) in [6.45, 7) is 3.21. The maximum Gasteiger partial charge on any atom is 0.306 e. The molecule has 1 aliphatic heterocycles. The van der Waals surface area contributed by atoms with E-state index in [9.17, 15) is 30.0 Å². The monoisotopic (exact) mass is 857 g/mol. The predicted octanol–water partition coefficient (Wildman–Crippen LogP) is 10.6. The van der Waals surface area contributed by atoms with E-state index >= 15 is 0 Å². The van der Waals surface area contributed by atoms with Crippen molar-refractivity contribution in [2.24, 2.45) is 0 Å². The van der Waals surface area contributed by atoms with Crippen LogP contribution < -0.4 is 0 Å². The number of aliphatic hydroxyl groups is 4. The van der Waals surface area contributed by atoms with Crippen molar-refractivity contribution in [1.82, 2.24) is 0 Å². The first-order chi connectivity index (χ1) is 29.8. The molecule has 0 amide bonds. The molecule has 6 atom stereocenters. The van der Waals surface area contributed by atoms with Gasteiger partial charge in [-0.3, -0.25) is 9.59 Å². The molecule has 348 valence electrons. The third-order valence-electron chi connectivity index (χ3n) is 10.3. The molecule has 1 aliphatic rings. The van der Waals surface area contributed by atoms with Crippen molar-refractivity contribution >= 4 is 11.9 Å². The van der Waals surface area contributed by atoms with E-state index in [1.807, 2.05) is 6.08 Å². The molecule has 10 heteroatoms. The van der Waals surface area contributed by atoms with Crippen molar-refractivity contribution in [1.29, 1.82) is 0 Å². The molecule has 10 nitrogen and oxygen atoms in total. The number of carbonyl (C=O) groups excluding carboxylic acids is 2. The average molecular weight is 857 g/mol. The number of ether oxygens (including phenoxy) is 4. The summed E-state index contributed by atoms with van der Waals surface area (Å²) in [4.78, 5) is 25.4. The van der Waals surface area contributed by atoms with Crippen molar-refractivity contribution in [2.45, 2.75) is 205 Å². The Morgan fingerprint density at radius 2 is 0.984 bits per heavy atom. The Morgan fingerprint density at radius 3 is 1.51 bits per heavy atom. The fourth-order valence-corrected chi connectivity index (χ4v) is 6.55. The van der Waals surface area contributed by atoms with E-state index in [-0.39, 0.29) is 26.1 Å². The van der Waals surface area contributed by atoms with Gasteiger partial charge in [-0.25, -0.2) is 0 Å². The molecular weight excluding hydrogens is 773 g/mol. The molecule has 1 rings (SSSR count). The number of rotatable bonds is 38. The van der Waals surface area contributed by atoms with Crippen molar-refractivity contribution < 1.29 is 49.0 Å². The number of esters is 2. The minimum atomic E-state index is -1.61. The third-order valence-corrected chi connectivity index (χ3v) is 10.3. The van der Waals surface area contributed by atoms with Gasteiger partial charge >= 0.3 is 11.9 Å². The first-order valence-electron chi connectivity index (χ1n) is 23.7. The standard InChI is InChI=1S/C51H84O10/c1-3-5-7-9-11-13-15-17-19-21-22-24-26-28-30-32-34-36-38-40-47(54)60-44(43-59-51-50(57)49(56)48(55)45(41-52)61-51)42-58-46(53)39-37-35-33-31-29-27-25-23-20-18-16-14-12-10-8-6-4-2/h6,8,11-14,17-20,25,27,31,33,44-45,48-52,55-57H,3-5,7,9-10,15-16,21-24,26,28-30,32,34-43H2,1-2H3/b8-6+,13-11+,14-12+,19-17+,20-18+,27-25+,33-31+/t44-,45-,48+,49?,50?,51-/m1/s1. The Hall–Kier alpha value is -3.12. The lowest BCUT2D eigenvalue weighted by Crippen LogP contribution is -2.59. The predicted molar refractivity (Wildman–Crippen MR) is 247 cm³/mol. The summed E-state index contributed by atoms with van der Waals surface area (Å²) in [5.74, 6) is -0.886. The largest absolute Gasteiger partial charge is 0.462 e. The van der Waals surface area contributed by atoms with Crippen LogP contribution in [0.25, 0.3) is 0 Å². The number of aliphatic hydroxyl groups excluding tert-OH is 4. The first kappa shape index (κ1) is 55.9. The van der Waals surface area contributed by atoms with Gasteiger partial charge in [-0.1, -0.05) is 157 Å². The van der Waals surface area contributed by atoms with Gasteiger partial charge in [-0.2, -0.15) is 0 Å². The lowest BCUT2D eigenvalue weighted by atomic mass is 9.99. The highest BCUT2D eigenvalue weighted by atomic mass is 16.7. The SMILES string of the molecule is CC/C=C/C/C=C/C/C=C/C/C=C/C/C=C/CCCC(=O)OC[C@H](CO[C@@H]1O[C@H](CO)[C@H](O)C(O)C1O)OC(=O)CCCCCCCCCCC/C=C/C/C=C/CCCCC. The second-order valence-electron chi connectivity index (χ2n) is 15.8. The van der Waals surface area contributed by atoms with Crippen molar-refractivity contribution in [2.75, 3.05) is 19.8 Å². The molecule has 4 N–H and O–H groups in total. The Morgan fingerprint density at radius 1 is 0.525 bits per heavy atom. The Bertz CT molecular complexity index is 1270. The van der Waals surface area contributed by atoms with Crippen molar-refractivity contribution in [3.05, 3.63) is 85.1 Å². The highest BCUT2D eigenvalue weighted by Crippen LogP contribution is 2.22. The van der Waals surface area contributed by atoms with E-state index in [4.69, 9.17) is 18.9 Å².